The van der Waals surface area contributed by atoms with E-state index in [0.29, 0.717) is 41.9 Å². The number of amides is 1. The van der Waals surface area contributed by atoms with E-state index in [0.717, 1.165) is 4.47 Å². The third-order valence-corrected chi connectivity index (χ3v) is 4.46. The molecular weight excluding hydrogens is 422 g/mol. The maximum atomic E-state index is 13.3. The van der Waals surface area contributed by atoms with Crippen molar-refractivity contribution in [2.45, 2.75) is 39.8 Å². The van der Waals surface area contributed by atoms with Gasteiger partial charge in [-0.15, -0.1) is 0 Å². The minimum atomic E-state index is -2.62. The highest BCUT2D eigenvalue weighted by Gasteiger charge is 2.20. The third kappa shape index (κ3) is 4.49. The van der Waals surface area contributed by atoms with E-state index in [1.165, 1.54) is 10.7 Å². The SMILES string of the molecule is Cc1cc(C(F)F)c2c(C)nn(CC(=O)NCCCn3cc(Br)cn3)c2n1. The van der Waals surface area contributed by atoms with Crippen LogP contribution >= 0.6 is 15.9 Å². The number of halogens is 3. The smallest absolute Gasteiger partial charge is 0.264 e. The Morgan fingerprint density at radius 2 is 2.15 bits per heavy atom. The van der Waals surface area contributed by atoms with Crippen LogP contribution in [0.1, 0.15) is 29.8 Å². The number of alkyl halides is 2. The van der Waals surface area contributed by atoms with Gasteiger partial charge in [0, 0.05) is 30.5 Å². The molecule has 0 radical (unpaired) electrons. The van der Waals surface area contributed by atoms with E-state index >= 15 is 0 Å². The van der Waals surface area contributed by atoms with Crippen LogP contribution in [0.5, 0.6) is 0 Å². The topological polar surface area (TPSA) is 77.6 Å². The maximum Gasteiger partial charge on any atom is 0.264 e. The molecule has 27 heavy (non-hydrogen) atoms. The number of fused-ring (bicyclic) bond motifs is 1. The van der Waals surface area contributed by atoms with Crippen LogP contribution < -0.4 is 5.32 Å². The number of pyridine rings is 1. The highest BCUT2D eigenvalue weighted by atomic mass is 79.9. The van der Waals surface area contributed by atoms with Gasteiger partial charge in [-0.1, -0.05) is 0 Å². The first-order valence-electron chi connectivity index (χ1n) is 8.42. The molecule has 3 aromatic heterocycles. The maximum absolute atomic E-state index is 13.3. The largest absolute Gasteiger partial charge is 0.354 e. The minimum Gasteiger partial charge on any atom is -0.354 e. The van der Waals surface area contributed by atoms with Crippen molar-refractivity contribution < 1.29 is 13.6 Å². The van der Waals surface area contributed by atoms with E-state index in [1.807, 2.05) is 6.20 Å². The number of aryl methyl sites for hydroxylation is 3. The summed E-state index contributed by atoms with van der Waals surface area (Å²) in [6.45, 7) is 4.36. The lowest BCUT2D eigenvalue weighted by molar-refractivity contribution is -0.121. The first-order chi connectivity index (χ1) is 12.8. The standard InChI is InChI=1S/C17H19BrF2N6O/c1-10-6-13(16(19)20)15-11(2)24-26(17(15)23-10)9-14(27)21-4-3-5-25-8-12(18)7-22-25/h6-8,16H,3-5,9H2,1-2H3,(H,21,27). The molecule has 3 rings (SSSR count). The van der Waals surface area contributed by atoms with Crippen molar-refractivity contribution in [3.8, 4) is 0 Å². The highest BCUT2D eigenvalue weighted by molar-refractivity contribution is 9.10. The van der Waals surface area contributed by atoms with Crippen molar-refractivity contribution in [1.29, 1.82) is 0 Å². The van der Waals surface area contributed by atoms with E-state index in [-0.39, 0.29) is 18.0 Å². The quantitative estimate of drug-likeness (QED) is 0.572. The summed E-state index contributed by atoms with van der Waals surface area (Å²) in [7, 11) is 0. The minimum absolute atomic E-state index is 0.0726. The van der Waals surface area contributed by atoms with Crippen LogP contribution in [0.4, 0.5) is 8.78 Å². The normalized spacial score (nSPS) is 11.5. The van der Waals surface area contributed by atoms with Gasteiger partial charge in [0.05, 0.1) is 21.7 Å². The Bertz CT molecular complexity index is 968. The zero-order chi connectivity index (χ0) is 19.6. The van der Waals surface area contributed by atoms with Crippen LogP contribution in [0, 0.1) is 13.8 Å². The summed E-state index contributed by atoms with van der Waals surface area (Å²) >= 11 is 3.33. The van der Waals surface area contributed by atoms with Gasteiger partial charge in [0.2, 0.25) is 5.91 Å². The van der Waals surface area contributed by atoms with E-state index in [1.54, 1.807) is 24.7 Å². The summed E-state index contributed by atoms with van der Waals surface area (Å²) in [6, 6.07) is 1.36. The molecule has 0 saturated carbocycles. The number of hydrogen-bond donors (Lipinski definition) is 1. The molecule has 144 valence electrons. The lowest BCUT2D eigenvalue weighted by Gasteiger charge is -2.07. The predicted octanol–water partition coefficient (Wildman–Crippen LogP) is 3.15. The monoisotopic (exact) mass is 440 g/mol. The molecule has 0 fully saturated rings. The van der Waals surface area contributed by atoms with Gasteiger partial charge in [-0.05, 0) is 42.3 Å². The summed E-state index contributed by atoms with van der Waals surface area (Å²) in [5.41, 5.74) is 1.10. The van der Waals surface area contributed by atoms with Gasteiger partial charge in [0.25, 0.3) is 6.43 Å². The predicted molar refractivity (Wildman–Crippen MR) is 99.5 cm³/mol. The van der Waals surface area contributed by atoms with Crippen molar-refractivity contribution in [2.24, 2.45) is 0 Å². The molecule has 1 amide bonds. The van der Waals surface area contributed by atoms with Gasteiger partial charge in [-0.2, -0.15) is 10.2 Å². The fourth-order valence-corrected chi connectivity index (χ4v) is 3.25. The number of rotatable bonds is 7. The molecule has 0 atom stereocenters. The Balaban J connectivity index is 1.64. The number of carbonyl (C=O) groups is 1. The van der Waals surface area contributed by atoms with Gasteiger partial charge in [-0.3, -0.25) is 9.48 Å². The second-order valence-electron chi connectivity index (χ2n) is 6.22. The zero-order valence-corrected chi connectivity index (χ0v) is 16.5. The first kappa shape index (κ1) is 19.4. The first-order valence-corrected chi connectivity index (χ1v) is 9.22. The van der Waals surface area contributed by atoms with Crippen molar-refractivity contribution >= 4 is 32.9 Å². The Morgan fingerprint density at radius 3 is 2.81 bits per heavy atom. The molecule has 0 unspecified atom stereocenters. The molecular formula is C17H19BrF2N6O. The Labute approximate surface area is 162 Å². The lowest BCUT2D eigenvalue weighted by atomic mass is 10.1. The molecule has 1 N–H and O–H groups in total. The summed E-state index contributed by atoms with van der Waals surface area (Å²) in [5, 5.41) is 11.5. The van der Waals surface area contributed by atoms with Crippen molar-refractivity contribution in [2.75, 3.05) is 6.54 Å². The summed E-state index contributed by atoms with van der Waals surface area (Å²) in [4.78, 5) is 16.5. The van der Waals surface area contributed by atoms with Gasteiger partial charge in [-0.25, -0.2) is 18.4 Å². The molecule has 10 heteroatoms. The van der Waals surface area contributed by atoms with Crippen molar-refractivity contribution in [1.82, 2.24) is 29.9 Å². The van der Waals surface area contributed by atoms with E-state index in [4.69, 9.17) is 0 Å². The fourth-order valence-electron chi connectivity index (χ4n) is 2.92. The van der Waals surface area contributed by atoms with Gasteiger partial charge in [0.1, 0.15) is 6.54 Å². The van der Waals surface area contributed by atoms with Crippen LogP contribution in [-0.4, -0.2) is 37.0 Å². The summed E-state index contributed by atoms with van der Waals surface area (Å²) < 4.78 is 30.7. The van der Waals surface area contributed by atoms with Gasteiger partial charge >= 0.3 is 0 Å². The van der Waals surface area contributed by atoms with Crippen molar-refractivity contribution in [3.63, 3.8) is 0 Å². The average Bonchev–Trinajstić information content (AvgIpc) is 3.14. The summed E-state index contributed by atoms with van der Waals surface area (Å²) in [6.07, 6.45) is 1.65. The number of aromatic nitrogens is 5. The Hall–Kier alpha value is -2.36. The molecule has 0 saturated heterocycles. The lowest BCUT2D eigenvalue weighted by Crippen LogP contribution is -2.29. The van der Waals surface area contributed by atoms with Crippen LogP contribution in [-0.2, 0) is 17.9 Å². The molecule has 0 aliphatic carbocycles. The van der Waals surface area contributed by atoms with Crippen LogP contribution in [0.25, 0.3) is 11.0 Å². The van der Waals surface area contributed by atoms with Crippen molar-refractivity contribution in [3.05, 3.63) is 39.9 Å². The molecule has 0 spiro atoms. The van der Waals surface area contributed by atoms with Crippen LogP contribution in [0.15, 0.2) is 22.9 Å². The summed E-state index contributed by atoms with van der Waals surface area (Å²) in [5.74, 6) is -0.247. The molecule has 3 heterocycles. The number of nitrogens with one attached hydrogen (secondary N) is 1. The van der Waals surface area contributed by atoms with Crippen LogP contribution in [0.2, 0.25) is 0 Å². The number of nitrogens with zero attached hydrogens (tertiary/aromatic N) is 5. The molecule has 0 aliphatic rings. The van der Waals surface area contributed by atoms with Gasteiger partial charge < -0.3 is 5.32 Å². The fraction of sp³-hybridized carbons (Fsp3) is 0.412. The number of hydrogen-bond acceptors (Lipinski definition) is 4. The van der Waals surface area contributed by atoms with Crippen LogP contribution in [0.3, 0.4) is 0 Å². The average molecular weight is 441 g/mol. The van der Waals surface area contributed by atoms with E-state index in [9.17, 15) is 13.6 Å². The number of carbonyl (C=O) groups excluding carboxylic acids is 1. The van der Waals surface area contributed by atoms with E-state index < -0.39 is 6.43 Å². The highest BCUT2D eigenvalue weighted by Crippen LogP contribution is 2.29. The Kier molecular flexibility index (Phi) is 5.83. The van der Waals surface area contributed by atoms with E-state index in [2.05, 4.69) is 36.4 Å². The molecule has 3 aromatic rings. The second kappa shape index (κ2) is 8.12. The zero-order valence-electron chi connectivity index (χ0n) is 14.9. The third-order valence-electron chi connectivity index (χ3n) is 4.05. The van der Waals surface area contributed by atoms with Gasteiger partial charge in [0.15, 0.2) is 5.65 Å². The molecule has 7 nitrogen and oxygen atoms in total. The molecule has 0 aromatic carbocycles. The molecule has 0 aliphatic heterocycles. The Morgan fingerprint density at radius 1 is 1.37 bits per heavy atom. The molecule has 0 bridgehead atoms. The second-order valence-corrected chi connectivity index (χ2v) is 7.14.